The van der Waals surface area contributed by atoms with Crippen molar-refractivity contribution in [3.8, 4) is 5.82 Å². The van der Waals surface area contributed by atoms with Crippen LogP contribution in [-0.2, 0) is 22.6 Å². The lowest BCUT2D eigenvalue weighted by Gasteiger charge is -2.27. The fourth-order valence-electron chi connectivity index (χ4n) is 4.62. The monoisotopic (exact) mass is 578 g/mol. The van der Waals surface area contributed by atoms with E-state index in [-0.39, 0.29) is 12.0 Å². The van der Waals surface area contributed by atoms with Gasteiger partial charge >= 0.3 is 0 Å². The second kappa shape index (κ2) is 13.7. The topological polar surface area (TPSA) is 93.1 Å². The van der Waals surface area contributed by atoms with Crippen LogP contribution in [0.4, 0.5) is 11.8 Å². The van der Waals surface area contributed by atoms with E-state index < -0.39 is 6.04 Å². The first-order valence-corrected chi connectivity index (χ1v) is 14.2. The Morgan fingerprint density at radius 1 is 0.950 bits per heavy atom. The van der Waals surface area contributed by atoms with Crippen LogP contribution >= 0.6 is 23.2 Å². The van der Waals surface area contributed by atoms with Crippen molar-refractivity contribution in [1.29, 1.82) is 0 Å². The number of hydrogen-bond acceptors (Lipinski definition) is 6. The summed E-state index contributed by atoms with van der Waals surface area (Å²) in [5.74, 6) is 1.52. The van der Waals surface area contributed by atoms with Gasteiger partial charge in [0.25, 0.3) is 0 Å². The van der Waals surface area contributed by atoms with Crippen molar-refractivity contribution in [2.45, 2.75) is 50.9 Å². The number of carbonyl (C=O) groups is 1. The van der Waals surface area contributed by atoms with Gasteiger partial charge in [-0.15, -0.1) is 0 Å². The molecule has 8 nitrogen and oxygen atoms in total. The van der Waals surface area contributed by atoms with Gasteiger partial charge in [0.2, 0.25) is 11.9 Å². The quantitative estimate of drug-likeness (QED) is 0.195. The maximum atomic E-state index is 13.5. The molecule has 1 aliphatic rings. The zero-order valence-corrected chi connectivity index (χ0v) is 23.5. The van der Waals surface area contributed by atoms with Crippen molar-refractivity contribution in [2.75, 3.05) is 17.2 Å². The van der Waals surface area contributed by atoms with Crippen molar-refractivity contribution >= 4 is 40.9 Å². The highest BCUT2D eigenvalue weighted by Gasteiger charge is 2.26. The molecular formula is C30H32Cl2N6O2. The molecule has 0 bridgehead atoms. The minimum absolute atomic E-state index is 0.00119. The summed E-state index contributed by atoms with van der Waals surface area (Å²) in [6, 6.07) is 20.2. The van der Waals surface area contributed by atoms with E-state index in [1.807, 2.05) is 83.7 Å². The summed E-state index contributed by atoms with van der Waals surface area (Å²) < 4.78 is 7.88. The standard InChI is InChI=1S/C30H32Cl2N6O2/c31-23-11-9-21(10-12-23)19-33-29(39)26(17-25-8-1-4-15-40-25)35-27-18-28(38-13-2-3-14-38)37-30(36-27)34-20-22-6-5-7-24(32)16-22/h2-3,5-7,9-14,16,18,25-26H,1,4,8,15,17,19-20H2,(H,33,39)(H2,34,35,36,37). The molecule has 0 aliphatic carbocycles. The van der Waals surface area contributed by atoms with Crippen LogP contribution in [0.25, 0.3) is 5.82 Å². The van der Waals surface area contributed by atoms with Gasteiger partial charge in [-0.05, 0) is 66.8 Å². The third-order valence-corrected chi connectivity index (χ3v) is 7.20. The number of ether oxygens (including phenoxy) is 1. The molecule has 1 amide bonds. The van der Waals surface area contributed by atoms with Crippen molar-refractivity contribution in [2.24, 2.45) is 0 Å². The van der Waals surface area contributed by atoms with E-state index in [1.54, 1.807) is 0 Å². The molecular weight excluding hydrogens is 547 g/mol. The van der Waals surface area contributed by atoms with Gasteiger partial charge in [-0.3, -0.25) is 4.79 Å². The van der Waals surface area contributed by atoms with Gasteiger partial charge in [-0.1, -0.05) is 47.5 Å². The van der Waals surface area contributed by atoms with E-state index >= 15 is 0 Å². The Kier molecular flexibility index (Phi) is 9.54. The number of benzene rings is 2. The van der Waals surface area contributed by atoms with Gasteiger partial charge < -0.3 is 25.3 Å². The Bertz CT molecular complexity index is 1390. The van der Waals surface area contributed by atoms with Crippen LogP contribution < -0.4 is 16.0 Å². The Hall–Kier alpha value is -3.59. The highest BCUT2D eigenvalue weighted by atomic mass is 35.5. The van der Waals surface area contributed by atoms with Crippen LogP contribution in [0.1, 0.15) is 36.8 Å². The van der Waals surface area contributed by atoms with E-state index in [2.05, 4.69) is 16.0 Å². The molecule has 0 radical (unpaired) electrons. The van der Waals surface area contributed by atoms with E-state index in [9.17, 15) is 4.79 Å². The molecule has 0 saturated carbocycles. The Balaban J connectivity index is 1.36. The van der Waals surface area contributed by atoms with Crippen LogP contribution in [0, 0.1) is 0 Å². The number of nitrogens with one attached hydrogen (secondary N) is 3. The van der Waals surface area contributed by atoms with Crippen molar-refractivity contribution < 1.29 is 9.53 Å². The first-order valence-electron chi connectivity index (χ1n) is 13.4. The summed E-state index contributed by atoms with van der Waals surface area (Å²) >= 11 is 12.2. The number of carbonyl (C=O) groups excluding carboxylic acids is 1. The van der Waals surface area contributed by atoms with E-state index in [1.165, 1.54) is 0 Å². The third kappa shape index (κ3) is 7.97. The molecule has 1 fully saturated rings. The zero-order valence-electron chi connectivity index (χ0n) is 22.0. The fraction of sp³-hybridized carbons (Fsp3) is 0.300. The predicted molar refractivity (Wildman–Crippen MR) is 159 cm³/mol. The van der Waals surface area contributed by atoms with Crippen LogP contribution in [0.3, 0.4) is 0 Å². The second-order valence-electron chi connectivity index (χ2n) is 9.77. The van der Waals surface area contributed by atoms with Crippen molar-refractivity contribution in [1.82, 2.24) is 19.9 Å². The normalized spacial score (nSPS) is 15.8. The maximum Gasteiger partial charge on any atom is 0.242 e. The molecule has 4 aromatic rings. The van der Waals surface area contributed by atoms with Gasteiger partial charge in [-0.25, -0.2) is 0 Å². The van der Waals surface area contributed by atoms with E-state index in [0.717, 1.165) is 30.4 Å². The minimum Gasteiger partial charge on any atom is -0.378 e. The van der Waals surface area contributed by atoms with Crippen LogP contribution in [0.15, 0.2) is 79.1 Å². The number of aromatic nitrogens is 3. The van der Waals surface area contributed by atoms with Crippen LogP contribution in [-0.4, -0.2) is 39.2 Å². The molecule has 3 N–H and O–H groups in total. The van der Waals surface area contributed by atoms with Crippen LogP contribution in [0.2, 0.25) is 10.0 Å². The Morgan fingerprint density at radius 3 is 2.52 bits per heavy atom. The largest absolute Gasteiger partial charge is 0.378 e. The number of anilines is 2. The lowest BCUT2D eigenvalue weighted by molar-refractivity contribution is -0.123. The molecule has 5 rings (SSSR count). The highest BCUT2D eigenvalue weighted by Crippen LogP contribution is 2.22. The number of nitrogens with zero attached hydrogens (tertiary/aromatic N) is 3. The molecule has 208 valence electrons. The molecule has 40 heavy (non-hydrogen) atoms. The summed E-state index contributed by atoms with van der Waals surface area (Å²) in [7, 11) is 0. The average Bonchev–Trinajstić information content (AvgIpc) is 3.51. The molecule has 1 aliphatic heterocycles. The SMILES string of the molecule is O=C(NCc1ccc(Cl)cc1)C(CC1CCCCO1)Nc1cc(-n2cccc2)nc(NCc2cccc(Cl)c2)n1. The van der Waals surface area contributed by atoms with E-state index in [4.69, 9.17) is 37.9 Å². The highest BCUT2D eigenvalue weighted by molar-refractivity contribution is 6.30. The van der Waals surface area contributed by atoms with Gasteiger partial charge in [-0.2, -0.15) is 9.97 Å². The summed E-state index contributed by atoms with van der Waals surface area (Å²) in [6.45, 7) is 1.60. The molecule has 3 heterocycles. The van der Waals surface area contributed by atoms with Gasteiger partial charge in [0.1, 0.15) is 17.7 Å². The van der Waals surface area contributed by atoms with Gasteiger partial charge in [0.15, 0.2) is 0 Å². The summed E-state index contributed by atoms with van der Waals surface area (Å²) in [5, 5.41) is 11.1. The number of hydrogen-bond donors (Lipinski definition) is 3. The molecule has 2 aromatic carbocycles. The lowest BCUT2D eigenvalue weighted by atomic mass is 10.0. The first kappa shape index (κ1) is 28.0. The molecule has 0 spiro atoms. The molecule has 2 unspecified atom stereocenters. The van der Waals surface area contributed by atoms with Crippen LogP contribution in [0.5, 0.6) is 0 Å². The Labute approximate surface area is 244 Å². The third-order valence-electron chi connectivity index (χ3n) is 6.71. The number of rotatable bonds is 11. The zero-order chi connectivity index (χ0) is 27.7. The molecule has 10 heteroatoms. The Morgan fingerprint density at radius 2 is 1.77 bits per heavy atom. The molecule has 2 aromatic heterocycles. The van der Waals surface area contributed by atoms with Crippen molar-refractivity contribution in [3.05, 3.63) is 100 Å². The van der Waals surface area contributed by atoms with Gasteiger partial charge in [0, 0.05) is 54.6 Å². The second-order valence-corrected chi connectivity index (χ2v) is 10.6. The maximum absolute atomic E-state index is 13.5. The van der Waals surface area contributed by atoms with Crippen molar-refractivity contribution in [3.63, 3.8) is 0 Å². The smallest absolute Gasteiger partial charge is 0.242 e. The summed E-state index contributed by atoms with van der Waals surface area (Å²) in [4.78, 5) is 22.9. The lowest BCUT2D eigenvalue weighted by Crippen LogP contribution is -2.42. The fourth-order valence-corrected chi connectivity index (χ4v) is 4.95. The minimum atomic E-state index is -0.552. The predicted octanol–water partition coefficient (Wildman–Crippen LogP) is 6.24. The summed E-state index contributed by atoms with van der Waals surface area (Å²) in [5.41, 5.74) is 1.97. The molecule has 2 atom stereocenters. The number of amides is 1. The molecule has 1 saturated heterocycles. The van der Waals surface area contributed by atoms with E-state index in [0.29, 0.717) is 53.7 Å². The van der Waals surface area contributed by atoms with Gasteiger partial charge in [0.05, 0.1) is 6.10 Å². The summed E-state index contributed by atoms with van der Waals surface area (Å²) in [6.07, 6.45) is 7.42. The number of halogens is 2. The average molecular weight is 580 g/mol. The first-order chi connectivity index (χ1) is 19.5.